The molecule has 3 aromatic rings. The van der Waals surface area contributed by atoms with Gasteiger partial charge >= 0.3 is 0 Å². The Morgan fingerprint density at radius 3 is 2.26 bits per heavy atom. The molecule has 0 unspecified atom stereocenters. The molecule has 0 saturated carbocycles. The van der Waals surface area contributed by atoms with E-state index in [0.29, 0.717) is 38.3 Å². The molecule has 2 bridgehead atoms. The smallest absolute Gasteiger partial charge is 0.264 e. The van der Waals surface area contributed by atoms with Gasteiger partial charge in [-0.15, -0.1) is 0 Å². The van der Waals surface area contributed by atoms with E-state index in [9.17, 15) is 8.78 Å². The molecule has 0 aromatic carbocycles. The highest BCUT2D eigenvalue weighted by molar-refractivity contribution is 5.64. The molecule has 0 spiro atoms. The summed E-state index contributed by atoms with van der Waals surface area (Å²) in [5, 5.41) is 0. The SMILES string of the molecule is Nc1cc(C(F)F)c(-c2nc(N3C4COCC3COC4)nc(-n3cc4c(c3)O4)n2)cn1. The van der Waals surface area contributed by atoms with E-state index in [1.165, 1.54) is 6.20 Å². The minimum atomic E-state index is -2.77. The van der Waals surface area contributed by atoms with Gasteiger partial charge in [-0.2, -0.15) is 15.0 Å². The first-order chi connectivity index (χ1) is 15.1. The van der Waals surface area contributed by atoms with Crippen LogP contribution in [0.15, 0.2) is 24.7 Å². The van der Waals surface area contributed by atoms with Crippen molar-refractivity contribution in [2.75, 3.05) is 37.1 Å². The summed E-state index contributed by atoms with van der Waals surface area (Å²) >= 11 is 0. The zero-order valence-corrected chi connectivity index (χ0v) is 16.1. The van der Waals surface area contributed by atoms with Crippen LogP contribution in [0.4, 0.5) is 20.5 Å². The third kappa shape index (κ3) is 3.15. The molecule has 0 amide bonds. The molecule has 10 nitrogen and oxygen atoms in total. The van der Waals surface area contributed by atoms with Crippen molar-refractivity contribution in [3.8, 4) is 28.8 Å². The van der Waals surface area contributed by atoms with Crippen LogP contribution in [0.2, 0.25) is 0 Å². The van der Waals surface area contributed by atoms with Gasteiger partial charge in [0.05, 0.1) is 50.9 Å². The van der Waals surface area contributed by atoms with Crippen molar-refractivity contribution in [1.29, 1.82) is 0 Å². The van der Waals surface area contributed by atoms with Crippen molar-refractivity contribution in [3.05, 3.63) is 30.2 Å². The number of halogens is 2. The summed E-state index contributed by atoms with van der Waals surface area (Å²) in [4.78, 5) is 19.7. The quantitative estimate of drug-likeness (QED) is 0.486. The number of rotatable bonds is 4. The van der Waals surface area contributed by atoms with Crippen molar-refractivity contribution in [2.45, 2.75) is 18.5 Å². The van der Waals surface area contributed by atoms with Crippen LogP contribution in [0.1, 0.15) is 12.0 Å². The predicted octanol–water partition coefficient (Wildman–Crippen LogP) is 1.95. The maximum absolute atomic E-state index is 13.8. The van der Waals surface area contributed by atoms with Crippen LogP contribution in [-0.2, 0) is 9.47 Å². The molecular formula is C19H17F2N7O3. The maximum atomic E-state index is 13.8. The van der Waals surface area contributed by atoms with E-state index in [1.54, 1.807) is 17.0 Å². The van der Waals surface area contributed by atoms with E-state index in [2.05, 4.69) is 19.9 Å². The molecule has 0 aliphatic carbocycles. The highest BCUT2D eigenvalue weighted by Crippen LogP contribution is 2.46. The van der Waals surface area contributed by atoms with Gasteiger partial charge in [-0.3, -0.25) is 4.57 Å². The Morgan fingerprint density at radius 1 is 0.968 bits per heavy atom. The molecule has 12 heteroatoms. The number of morpholine rings is 2. The van der Waals surface area contributed by atoms with Crippen LogP contribution in [0.25, 0.3) is 17.3 Å². The van der Waals surface area contributed by atoms with E-state index < -0.39 is 6.43 Å². The topological polar surface area (TPSA) is 117 Å². The third-order valence-electron chi connectivity index (χ3n) is 5.47. The fourth-order valence-electron chi connectivity index (χ4n) is 3.96. The number of nitrogens with zero attached hydrogens (tertiary/aromatic N) is 6. The molecule has 2 N–H and O–H groups in total. The normalized spacial score (nSPS) is 21.7. The predicted molar refractivity (Wildman–Crippen MR) is 104 cm³/mol. The van der Waals surface area contributed by atoms with Gasteiger partial charge in [0.1, 0.15) is 5.82 Å². The average Bonchev–Trinajstić information content (AvgIpc) is 3.37. The number of aromatic nitrogens is 5. The second-order valence-electron chi connectivity index (χ2n) is 7.54. The third-order valence-corrected chi connectivity index (χ3v) is 5.47. The van der Waals surface area contributed by atoms with Gasteiger partial charge in [-0.05, 0) is 6.07 Å². The number of hydrogen-bond acceptors (Lipinski definition) is 9. The molecule has 6 rings (SSSR count). The van der Waals surface area contributed by atoms with Crippen LogP contribution in [-0.4, -0.2) is 63.0 Å². The molecule has 3 aliphatic rings. The summed E-state index contributed by atoms with van der Waals surface area (Å²) in [5.41, 5.74) is 5.45. The van der Waals surface area contributed by atoms with E-state index in [-0.39, 0.29) is 34.9 Å². The van der Waals surface area contributed by atoms with Gasteiger partial charge in [-0.25, -0.2) is 13.8 Å². The monoisotopic (exact) mass is 429 g/mol. The fourth-order valence-corrected chi connectivity index (χ4v) is 3.96. The molecule has 2 saturated heterocycles. The number of alkyl halides is 2. The summed E-state index contributed by atoms with van der Waals surface area (Å²) in [6, 6.07) is 0.979. The molecular weight excluding hydrogens is 412 g/mol. The Labute approximate surface area is 174 Å². The standard InChI is InChI=1S/C19H17F2N7O3/c20-16(21)11-1-15(22)23-2-12(11)17-24-18(27-3-13-14(4-27)31-13)26-19(25-17)28-9-5-29-7-10(28)8-30-6-9/h1-4,9-10,16H,5-8H2,(H2,22,23). The van der Waals surface area contributed by atoms with Gasteiger partial charge in [-0.1, -0.05) is 0 Å². The molecule has 31 heavy (non-hydrogen) atoms. The number of fused-ring (bicyclic) bond motifs is 3. The van der Waals surface area contributed by atoms with Gasteiger partial charge in [0.15, 0.2) is 17.3 Å². The molecule has 2 fully saturated rings. The summed E-state index contributed by atoms with van der Waals surface area (Å²) in [6.45, 7) is 1.85. The summed E-state index contributed by atoms with van der Waals surface area (Å²) in [6.07, 6.45) is 1.97. The van der Waals surface area contributed by atoms with E-state index in [0.717, 1.165) is 17.6 Å². The van der Waals surface area contributed by atoms with E-state index in [1.807, 2.05) is 4.90 Å². The molecule has 0 radical (unpaired) electrons. The van der Waals surface area contributed by atoms with Crippen LogP contribution in [0.5, 0.6) is 11.5 Å². The van der Waals surface area contributed by atoms with Crippen LogP contribution in [0.3, 0.4) is 0 Å². The van der Waals surface area contributed by atoms with Crippen molar-refractivity contribution in [2.24, 2.45) is 0 Å². The van der Waals surface area contributed by atoms with Gasteiger partial charge in [0.25, 0.3) is 6.43 Å². The number of nitrogen functional groups attached to an aromatic ring is 1. The van der Waals surface area contributed by atoms with E-state index in [4.69, 9.17) is 19.9 Å². The molecule has 3 aromatic heterocycles. The minimum Gasteiger partial charge on any atom is -0.446 e. The fraction of sp³-hybridized carbons (Fsp3) is 0.368. The number of hydrogen-bond donors (Lipinski definition) is 1. The number of ether oxygens (including phenoxy) is 3. The molecule has 160 valence electrons. The lowest BCUT2D eigenvalue weighted by Crippen LogP contribution is -2.60. The zero-order valence-electron chi connectivity index (χ0n) is 16.1. The van der Waals surface area contributed by atoms with Crippen molar-refractivity contribution >= 4 is 11.8 Å². The highest BCUT2D eigenvalue weighted by Gasteiger charge is 2.38. The number of pyridine rings is 1. The Hall–Kier alpha value is -3.38. The number of anilines is 2. The van der Waals surface area contributed by atoms with Gasteiger partial charge in [0, 0.05) is 17.3 Å². The molecule has 6 heterocycles. The first-order valence-corrected chi connectivity index (χ1v) is 9.71. The van der Waals surface area contributed by atoms with Crippen molar-refractivity contribution in [3.63, 3.8) is 0 Å². The second-order valence-corrected chi connectivity index (χ2v) is 7.54. The Morgan fingerprint density at radius 2 is 1.61 bits per heavy atom. The summed E-state index contributed by atoms with van der Waals surface area (Å²) in [7, 11) is 0. The summed E-state index contributed by atoms with van der Waals surface area (Å²) < 4.78 is 45.7. The average molecular weight is 429 g/mol. The Kier molecular flexibility index (Phi) is 4.05. The number of nitrogens with two attached hydrogens (primary N) is 1. The lowest BCUT2D eigenvalue weighted by molar-refractivity contribution is -0.0355. The van der Waals surface area contributed by atoms with Gasteiger partial charge < -0.3 is 24.8 Å². The van der Waals surface area contributed by atoms with Crippen LogP contribution < -0.4 is 15.4 Å². The van der Waals surface area contributed by atoms with Crippen LogP contribution >= 0.6 is 0 Å². The van der Waals surface area contributed by atoms with Crippen LogP contribution in [0, 0.1) is 0 Å². The molecule has 0 atom stereocenters. The summed E-state index contributed by atoms with van der Waals surface area (Å²) in [5.74, 6) is 2.20. The Balaban J connectivity index is 1.51. The zero-order chi connectivity index (χ0) is 21.1. The van der Waals surface area contributed by atoms with E-state index >= 15 is 0 Å². The lowest BCUT2D eigenvalue weighted by Gasteiger charge is -2.45. The highest BCUT2D eigenvalue weighted by atomic mass is 19.3. The van der Waals surface area contributed by atoms with Crippen molar-refractivity contribution in [1.82, 2.24) is 24.5 Å². The van der Waals surface area contributed by atoms with Gasteiger partial charge in [0.2, 0.25) is 11.9 Å². The second kappa shape index (κ2) is 6.82. The molecule has 3 aliphatic heterocycles. The Bertz CT molecular complexity index is 1130. The first-order valence-electron chi connectivity index (χ1n) is 9.71. The minimum absolute atomic E-state index is 0.000316. The lowest BCUT2D eigenvalue weighted by atomic mass is 10.1. The maximum Gasteiger partial charge on any atom is 0.264 e. The van der Waals surface area contributed by atoms with Crippen molar-refractivity contribution < 1.29 is 23.0 Å². The first kappa shape index (κ1) is 18.4. The largest absolute Gasteiger partial charge is 0.446 e.